The third-order valence-electron chi connectivity index (χ3n) is 3.76. The second-order valence-corrected chi connectivity index (χ2v) is 5.74. The van der Waals surface area contributed by atoms with Crippen LogP contribution in [0.2, 0.25) is 0 Å². The van der Waals surface area contributed by atoms with Gasteiger partial charge >= 0.3 is 0 Å². The molecule has 120 valence electrons. The van der Waals surface area contributed by atoms with Gasteiger partial charge in [-0.05, 0) is 31.5 Å². The standard InChI is InChI=1S/C17H20N4O2/c1-5-15-18-11(3)16(23-15)17(22)21(4)9-14-19-12-7-6-10(2)8-13(12)20-14/h6-8H,5,9H2,1-4H3,(H,19,20). The average molecular weight is 312 g/mol. The number of hydrogen-bond acceptors (Lipinski definition) is 4. The van der Waals surface area contributed by atoms with E-state index in [0.717, 1.165) is 16.9 Å². The molecule has 23 heavy (non-hydrogen) atoms. The van der Waals surface area contributed by atoms with E-state index in [2.05, 4.69) is 15.0 Å². The van der Waals surface area contributed by atoms with Gasteiger partial charge < -0.3 is 14.3 Å². The molecule has 0 aliphatic carbocycles. The topological polar surface area (TPSA) is 75.0 Å². The van der Waals surface area contributed by atoms with Crippen LogP contribution < -0.4 is 0 Å². The summed E-state index contributed by atoms with van der Waals surface area (Å²) in [6, 6.07) is 6.04. The van der Waals surface area contributed by atoms with Crippen molar-refractivity contribution in [3.63, 3.8) is 0 Å². The highest BCUT2D eigenvalue weighted by molar-refractivity contribution is 5.92. The third kappa shape index (κ3) is 2.97. The number of H-pyrrole nitrogens is 1. The van der Waals surface area contributed by atoms with Gasteiger partial charge in [0, 0.05) is 13.5 Å². The number of aromatic nitrogens is 3. The molecule has 0 spiro atoms. The Hall–Kier alpha value is -2.63. The molecule has 0 saturated carbocycles. The molecule has 1 amide bonds. The molecular weight excluding hydrogens is 292 g/mol. The molecule has 0 fully saturated rings. The van der Waals surface area contributed by atoms with Crippen LogP contribution in [0.5, 0.6) is 0 Å². The lowest BCUT2D eigenvalue weighted by atomic mass is 10.2. The number of carbonyl (C=O) groups excluding carboxylic acids is 1. The fourth-order valence-corrected chi connectivity index (χ4v) is 2.52. The Labute approximate surface area is 134 Å². The third-order valence-corrected chi connectivity index (χ3v) is 3.76. The Kier molecular flexibility index (Phi) is 3.90. The Morgan fingerprint density at radius 1 is 1.30 bits per heavy atom. The Bertz CT molecular complexity index is 863. The van der Waals surface area contributed by atoms with Crippen LogP contribution in [-0.2, 0) is 13.0 Å². The van der Waals surface area contributed by atoms with Crippen LogP contribution in [0, 0.1) is 13.8 Å². The van der Waals surface area contributed by atoms with E-state index in [4.69, 9.17) is 4.42 Å². The van der Waals surface area contributed by atoms with Gasteiger partial charge in [-0.25, -0.2) is 9.97 Å². The maximum Gasteiger partial charge on any atom is 0.291 e. The molecule has 2 aromatic heterocycles. The van der Waals surface area contributed by atoms with Gasteiger partial charge in [-0.1, -0.05) is 13.0 Å². The number of imidazole rings is 1. The molecule has 6 nitrogen and oxygen atoms in total. The van der Waals surface area contributed by atoms with Crippen LogP contribution in [0.25, 0.3) is 11.0 Å². The van der Waals surface area contributed by atoms with Crippen molar-refractivity contribution in [1.82, 2.24) is 19.9 Å². The predicted molar refractivity (Wildman–Crippen MR) is 87.2 cm³/mol. The van der Waals surface area contributed by atoms with Gasteiger partial charge in [0.1, 0.15) is 5.82 Å². The van der Waals surface area contributed by atoms with Crippen LogP contribution in [0.3, 0.4) is 0 Å². The fraction of sp³-hybridized carbons (Fsp3) is 0.353. The molecule has 0 radical (unpaired) electrons. The van der Waals surface area contributed by atoms with E-state index in [1.54, 1.807) is 18.9 Å². The van der Waals surface area contributed by atoms with E-state index in [1.807, 2.05) is 32.0 Å². The summed E-state index contributed by atoms with van der Waals surface area (Å²) in [7, 11) is 1.73. The number of carbonyl (C=O) groups is 1. The SMILES string of the molecule is CCc1nc(C)c(C(=O)N(C)Cc2nc3ccc(C)cc3[nH]2)o1. The molecule has 2 heterocycles. The van der Waals surface area contributed by atoms with Crippen LogP contribution in [0.1, 0.15) is 40.5 Å². The lowest BCUT2D eigenvalue weighted by molar-refractivity contribution is 0.0747. The van der Waals surface area contributed by atoms with Gasteiger partial charge in [0.15, 0.2) is 5.89 Å². The summed E-state index contributed by atoms with van der Waals surface area (Å²) >= 11 is 0. The Balaban J connectivity index is 1.80. The summed E-state index contributed by atoms with van der Waals surface area (Å²) in [6.07, 6.45) is 0.667. The lowest BCUT2D eigenvalue weighted by Crippen LogP contribution is -2.27. The first-order valence-corrected chi connectivity index (χ1v) is 7.65. The lowest BCUT2D eigenvalue weighted by Gasteiger charge is -2.14. The molecule has 3 aromatic rings. The van der Waals surface area contributed by atoms with Gasteiger partial charge in [-0.3, -0.25) is 4.79 Å². The molecule has 1 aromatic carbocycles. The van der Waals surface area contributed by atoms with Crippen molar-refractivity contribution in [2.75, 3.05) is 7.05 Å². The highest BCUT2D eigenvalue weighted by Crippen LogP contribution is 2.16. The summed E-state index contributed by atoms with van der Waals surface area (Å²) in [5, 5.41) is 0. The van der Waals surface area contributed by atoms with Crippen molar-refractivity contribution in [3.8, 4) is 0 Å². The number of nitrogens with zero attached hydrogens (tertiary/aromatic N) is 3. The second kappa shape index (κ2) is 5.87. The van der Waals surface area contributed by atoms with Crippen molar-refractivity contribution in [3.05, 3.63) is 46.9 Å². The molecule has 6 heteroatoms. The molecule has 0 saturated heterocycles. The van der Waals surface area contributed by atoms with E-state index in [0.29, 0.717) is 30.3 Å². The van der Waals surface area contributed by atoms with Gasteiger partial charge in [-0.15, -0.1) is 0 Å². The van der Waals surface area contributed by atoms with Crippen LogP contribution in [0.4, 0.5) is 0 Å². The first-order valence-electron chi connectivity index (χ1n) is 7.65. The number of aromatic amines is 1. The number of aryl methyl sites for hydroxylation is 3. The zero-order valence-corrected chi connectivity index (χ0v) is 13.8. The largest absolute Gasteiger partial charge is 0.435 e. The maximum absolute atomic E-state index is 12.5. The monoisotopic (exact) mass is 312 g/mol. The van der Waals surface area contributed by atoms with E-state index in [9.17, 15) is 4.79 Å². The van der Waals surface area contributed by atoms with Crippen LogP contribution in [0.15, 0.2) is 22.6 Å². The van der Waals surface area contributed by atoms with E-state index in [-0.39, 0.29) is 5.91 Å². The minimum atomic E-state index is -0.189. The number of rotatable bonds is 4. The zero-order chi connectivity index (χ0) is 16.6. The van der Waals surface area contributed by atoms with Crippen molar-refractivity contribution >= 4 is 16.9 Å². The number of benzene rings is 1. The van der Waals surface area contributed by atoms with Gasteiger partial charge in [0.25, 0.3) is 5.91 Å². The highest BCUT2D eigenvalue weighted by atomic mass is 16.4. The molecule has 0 bridgehead atoms. The summed E-state index contributed by atoms with van der Waals surface area (Å²) in [6.45, 7) is 6.15. The number of amides is 1. The molecule has 1 N–H and O–H groups in total. The van der Waals surface area contributed by atoms with E-state index < -0.39 is 0 Å². The van der Waals surface area contributed by atoms with Crippen molar-refractivity contribution in [1.29, 1.82) is 0 Å². The van der Waals surface area contributed by atoms with E-state index >= 15 is 0 Å². The minimum Gasteiger partial charge on any atom is -0.435 e. The normalized spacial score (nSPS) is 11.1. The number of fused-ring (bicyclic) bond motifs is 1. The highest BCUT2D eigenvalue weighted by Gasteiger charge is 2.21. The summed E-state index contributed by atoms with van der Waals surface area (Å²) < 4.78 is 5.53. The smallest absolute Gasteiger partial charge is 0.291 e. The Morgan fingerprint density at radius 3 is 2.78 bits per heavy atom. The predicted octanol–water partition coefficient (Wildman–Crippen LogP) is 3.00. The molecular formula is C17H20N4O2. The maximum atomic E-state index is 12.5. The van der Waals surface area contributed by atoms with Gasteiger partial charge in [-0.2, -0.15) is 0 Å². The first-order chi connectivity index (χ1) is 11.0. The molecule has 0 atom stereocenters. The number of oxazole rings is 1. The second-order valence-electron chi connectivity index (χ2n) is 5.74. The van der Waals surface area contributed by atoms with Crippen molar-refractivity contribution < 1.29 is 9.21 Å². The number of nitrogens with one attached hydrogen (secondary N) is 1. The molecule has 3 rings (SSSR count). The van der Waals surface area contributed by atoms with Crippen LogP contribution in [-0.4, -0.2) is 32.8 Å². The molecule has 0 unspecified atom stereocenters. The van der Waals surface area contributed by atoms with Gasteiger partial charge in [0.05, 0.1) is 23.3 Å². The summed E-state index contributed by atoms with van der Waals surface area (Å²) in [5.74, 6) is 1.44. The number of hydrogen-bond donors (Lipinski definition) is 1. The van der Waals surface area contributed by atoms with Gasteiger partial charge in [0.2, 0.25) is 5.76 Å². The Morgan fingerprint density at radius 2 is 2.09 bits per heavy atom. The zero-order valence-electron chi connectivity index (χ0n) is 13.8. The van der Waals surface area contributed by atoms with E-state index in [1.165, 1.54) is 5.56 Å². The van der Waals surface area contributed by atoms with Crippen molar-refractivity contribution in [2.45, 2.75) is 33.7 Å². The summed E-state index contributed by atoms with van der Waals surface area (Å²) in [5.41, 5.74) is 3.67. The average Bonchev–Trinajstić information content (AvgIpc) is 3.08. The molecule has 0 aliphatic rings. The minimum absolute atomic E-state index is 0.189. The fourth-order valence-electron chi connectivity index (χ4n) is 2.52. The van der Waals surface area contributed by atoms with Crippen molar-refractivity contribution in [2.24, 2.45) is 0 Å². The first kappa shape index (κ1) is 15.3. The molecule has 0 aliphatic heterocycles. The summed E-state index contributed by atoms with van der Waals surface area (Å²) in [4.78, 5) is 26.1. The van der Waals surface area contributed by atoms with Crippen LogP contribution >= 0.6 is 0 Å². The quantitative estimate of drug-likeness (QED) is 0.803.